The molecule has 2 aromatic carbocycles. The lowest BCUT2D eigenvalue weighted by Gasteiger charge is -2.23. The fourth-order valence-corrected chi connectivity index (χ4v) is 4.06. The first-order valence-corrected chi connectivity index (χ1v) is 9.85. The molecule has 0 bridgehead atoms. The van der Waals surface area contributed by atoms with Crippen LogP contribution in [0.1, 0.15) is 36.5 Å². The number of benzene rings is 2. The number of likely N-dealkylation sites (N-methyl/N-ethyl adjacent to an activating group) is 1. The largest absolute Gasteiger partial charge is 0.333 e. The molecule has 1 heterocycles. The Bertz CT molecular complexity index is 878. The van der Waals surface area contributed by atoms with E-state index in [0.29, 0.717) is 6.54 Å². The maximum Gasteiger partial charge on any atom is 0.278 e. The Morgan fingerprint density at radius 1 is 1.23 bits per heavy atom. The molecular formula is C20H23ClN3OS+. The highest BCUT2D eigenvalue weighted by atomic mass is 35.5. The van der Waals surface area contributed by atoms with Crippen LogP contribution in [0.4, 0.5) is 0 Å². The van der Waals surface area contributed by atoms with Crippen LogP contribution in [-0.2, 0) is 4.79 Å². The van der Waals surface area contributed by atoms with Crippen molar-refractivity contribution in [1.82, 2.24) is 9.88 Å². The van der Waals surface area contributed by atoms with Crippen molar-refractivity contribution in [3.63, 3.8) is 0 Å². The molecule has 0 unspecified atom stereocenters. The van der Waals surface area contributed by atoms with Gasteiger partial charge in [-0.25, -0.2) is 4.98 Å². The Morgan fingerprint density at radius 3 is 2.73 bits per heavy atom. The molecule has 0 spiro atoms. The molecule has 1 amide bonds. The zero-order valence-electron chi connectivity index (χ0n) is 15.1. The van der Waals surface area contributed by atoms with Crippen LogP contribution in [-0.4, -0.2) is 29.4 Å². The molecule has 4 nitrogen and oxygen atoms in total. The zero-order valence-corrected chi connectivity index (χ0v) is 16.7. The molecule has 3 aromatic rings. The van der Waals surface area contributed by atoms with Gasteiger partial charge >= 0.3 is 0 Å². The summed E-state index contributed by atoms with van der Waals surface area (Å²) in [5.41, 5.74) is 2.11. The van der Waals surface area contributed by atoms with Crippen molar-refractivity contribution in [2.24, 2.45) is 0 Å². The number of para-hydroxylation sites is 1. The number of amides is 1. The van der Waals surface area contributed by atoms with Crippen molar-refractivity contribution in [3.8, 4) is 0 Å². The quantitative estimate of drug-likeness (QED) is 0.698. The molecule has 0 fully saturated rings. The van der Waals surface area contributed by atoms with Crippen LogP contribution in [0.15, 0.2) is 48.5 Å². The summed E-state index contributed by atoms with van der Waals surface area (Å²) in [5, 5.41) is 3.72. The number of carbonyl (C=O) groups excluding carboxylic acids is 1. The van der Waals surface area contributed by atoms with Gasteiger partial charge in [0.15, 0.2) is 6.54 Å². The Kier molecular flexibility index (Phi) is 5.91. The minimum absolute atomic E-state index is 0.0465. The lowest BCUT2D eigenvalue weighted by molar-refractivity contribution is -0.683. The van der Waals surface area contributed by atoms with Crippen LogP contribution in [0, 0.1) is 0 Å². The molecule has 2 atom stereocenters. The third kappa shape index (κ3) is 4.23. The Morgan fingerprint density at radius 2 is 2.00 bits per heavy atom. The van der Waals surface area contributed by atoms with Crippen LogP contribution in [0.3, 0.4) is 0 Å². The summed E-state index contributed by atoms with van der Waals surface area (Å²) in [4.78, 5) is 19.1. The molecule has 26 heavy (non-hydrogen) atoms. The van der Waals surface area contributed by atoms with Crippen LogP contribution in [0.2, 0.25) is 5.02 Å². The lowest BCUT2D eigenvalue weighted by Crippen LogP contribution is -2.87. The van der Waals surface area contributed by atoms with E-state index in [2.05, 4.69) is 18.0 Å². The number of nitrogens with zero attached hydrogens (tertiary/aromatic N) is 2. The fourth-order valence-electron chi connectivity index (χ4n) is 2.80. The van der Waals surface area contributed by atoms with Crippen molar-refractivity contribution in [1.29, 1.82) is 0 Å². The van der Waals surface area contributed by atoms with Crippen LogP contribution < -0.4 is 5.32 Å². The van der Waals surface area contributed by atoms with E-state index in [1.54, 1.807) is 16.2 Å². The summed E-state index contributed by atoms with van der Waals surface area (Å²) in [6, 6.07) is 16.0. The van der Waals surface area contributed by atoms with Gasteiger partial charge in [-0.05, 0) is 38.1 Å². The predicted octanol–water partition coefficient (Wildman–Crippen LogP) is 3.79. The van der Waals surface area contributed by atoms with Gasteiger partial charge in [0.2, 0.25) is 0 Å². The van der Waals surface area contributed by atoms with Gasteiger partial charge in [-0.1, -0.05) is 35.9 Å². The van der Waals surface area contributed by atoms with Gasteiger partial charge in [0, 0.05) is 17.6 Å². The second kappa shape index (κ2) is 8.16. The third-order valence-electron chi connectivity index (χ3n) is 4.66. The van der Waals surface area contributed by atoms with Gasteiger partial charge in [0.1, 0.15) is 11.0 Å². The number of halogens is 1. The van der Waals surface area contributed by atoms with Crippen molar-refractivity contribution in [3.05, 3.63) is 64.1 Å². The fraction of sp³-hybridized carbons (Fsp3) is 0.300. The minimum atomic E-state index is -0.0465. The van der Waals surface area contributed by atoms with E-state index < -0.39 is 0 Å². The van der Waals surface area contributed by atoms with Crippen molar-refractivity contribution < 1.29 is 10.1 Å². The van der Waals surface area contributed by atoms with E-state index >= 15 is 0 Å². The minimum Gasteiger partial charge on any atom is -0.333 e. The van der Waals surface area contributed by atoms with E-state index in [0.717, 1.165) is 25.8 Å². The molecule has 6 heteroatoms. The van der Waals surface area contributed by atoms with Gasteiger partial charge in [-0.2, -0.15) is 0 Å². The van der Waals surface area contributed by atoms with Gasteiger partial charge in [0.25, 0.3) is 5.91 Å². The first-order valence-electron chi connectivity index (χ1n) is 8.65. The average Bonchev–Trinajstić information content (AvgIpc) is 3.08. The molecule has 3 rings (SSSR count). The first kappa shape index (κ1) is 18.8. The second-order valence-electron chi connectivity index (χ2n) is 6.48. The normalized spacial score (nSPS) is 13.5. The Labute approximate surface area is 162 Å². The van der Waals surface area contributed by atoms with E-state index in [4.69, 9.17) is 11.6 Å². The summed E-state index contributed by atoms with van der Waals surface area (Å²) in [7, 11) is 1.84. The Hall–Kier alpha value is -1.95. The predicted molar refractivity (Wildman–Crippen MR) is 107 cm³/mol. The van der Waals surface area contributed by atoms with Crippen LogP contribution in [0.5, 0.6) is 0 Å². The number of nitrogens with two attached hydrogens (primary N) is 1. The Balaban J connectivity index is 1.61. The molecule has 0 radical (unpaired) electrons. The number of hydrogen-bond donors (Lipinski definition) is 1. The lowest BCUT2D eigenvalue weighted by atomic mass is 10.1. The summed E-state index contributed by atoms with van der Waals surface area (Å²) in [6.45, 7) is 4.49. The van der Waals surface area contributed by atoms with Crippen molar-refractivity contribution >= 4 is 39.1 Å². The average molecular weight is 389 g/mol. The summed E-state index contributed by atoms with van der Waals surface area (Å²) < 4.78 is 1.15. The van der Waals surface area contributed by atoms with Crippen molar-refractivity contribution in [2.75, 3.05) is 13.6 Å². The second-order valence-corrected chi connectivity index (χ2v) is 7.98. The number of rotatable bonds is 6. The molecule has 0 aliphatic rings. The SMILES string of the molecule is C[C@H]([NH2+]CC(=O)N(C)[C@@H](C)c1nc2ccccc2s1)c1cccc(Cl)c1. The number of quaternary nitrogens is 1. The van der Waals surface area contributed by atoms with Crippen LogP contribution in [0.25, 0.3) is 10.2 Å². The molecular weight excluding hydrogens is 366 g/mol. The topological polar surface area (TPSA) is 49.8 Å². The highest BCUT2D eigenvalue weighted by Gasteiger charge is 2.22. The highest BCUT2D eigenvalue weighted by molar-refractivity contribution is 7.18. The third-order valence-corrected chi connectivity index (χ3v) is 6.10. The highest BCUT2D eigenvalue weighted by Crippen LogP contribution is 2.28. The monoisotopic (exact) mass is 388 g/mol. The first-order chi connectivity index (χ1) is 12.5. The molecule has 0 aliphatic carbocycles. The molecule has 1 aromatic heterocycles. The maximum absolute atomic E-state index is 12.6. The zero-order chi connectivity index (χ0) is 18.7. The van der Waals surface area contributed by atoms with Gasteiger partial charge in [-0.15, -0.1) is 11.3 Å². The van der Waals surface area contributed by atoms with Gasteiger partial charge < -0.3 is 10.2 Å². The van der Waals surface area contributed by atoms with Gasteiger partial charge in [0.05, 0.1) is 16.3 Å². The summed E-state index contributed by atoms with van der Waals surface area (Å²) in [6.07, 6.45) is 0. The smallest absolute Gasteiger partial charge is 0.278 e. The van der Waals surface area contributed by atoms with Gasteiger partial charge in [-0.3, -0.25) is 4.79 Å². The number of aromatic nitrogens is 1. The number of carbonyl (C=O) groups is 1. The van der Waals surface area contributed by atoms with Crippen molar-refractivity contribution in [2.45, 2.75) is 25.9 Å². The van der Waals surface area contributed by atoms with Crippen LogP contribution >= 0.6 is 22.9 Å². The van der Waals surface area contributed by atoms with E-state index in [9.17, 15) is 4.79 Å². The van der Waals surface area contributed by atoms with E-state index in [1.807, 2.05) is 61.8 Å². The standard InChI is InChI=1S/C20H22ClN3OS/c1-13(15-7-6-8-16(21)11-15)22-12-19(25)24(3)14(2)20-23-17-9-4-5-10-18(17)26-20/h4-11,13-14,22H,12H2,1-3H3/p+1/t13-,14-/m0/s1. The summed E-state index contributed by atoms with van der Waals surface area (Å²) in [5.74, 6) is 0.0886. The number of thiazole rings is 1. The van der Waals surface area contributed by atoms with E-state index in [1.165, 1.54) is 0 Å². The molecule has 2 N–H and O–H groups in total. The molecule has 0 saturated carbocycles. The van der Waals surface area contributed by atoms with E-state index in [-0.39, 0.29) is 18.0 Å². The molecule has 136 valence electrons. The summed E-state index contributed by atoms with van der Waals surface area (Å²) >= 11 is 7.69. The number of hydrogen-bond acceptors (Lipinski definition) is 3. The molecule has 0 aliphatic heterocycles. The maximum atomic E-state index is 12.6. The molecule has 0 saturated heterocycles. The number of fused-ring (bicyclic) bond motifs is 1.